The number of hydrogen-bond acceptors (Lipinski definition) is 12. The Morgan fingerprint density at radius 1 is 1.02 bits per heavy atom. The first-order valence-electron chi connectivity index (χ1n) is 22.9. The first kappa shape index (κ1) is 45.9. The van der Waals surface area contributed by atoms with Crippen LogP contribution >= 0.6 is 0 Å². The highest BCUT2D eigenvalue weighted by Gasteiger charge is 2.80. The number of H-pyrrole nitrogens is 1. The number of benzene rings is 2. The molecule has 6 aliphatic rings. The minimum atomic E-state index is -2.99. The second-order valence-electron chi connectivity index (χ2n) is 19.9. The quantitative estimate of drug-likeness (QED) is 0.154. The highest BCUT2D eigenvalue weighted by molar-refractivity contribution is 5.97. The summed E-state index contributed by atoms with van der Waals surface area (Å²) in [5, 5.41) is 17.1. The molecule has 66 heavy (non-hydrogen) atoms. The van der Waals surface area contributed by atoms with Gasteiger partial charge in [-0.15, -0.1) is 0 Å². The lowest BCUT2D eigenvalue weighted by Gasteiger charge is -2.63. The Balaban J connectivity index is 1.35. The number of carbonyl (C=O) groups excluding carboxylic acids is 4. The first-order valence-corrected chi connectivity index (χ1v) is 22.9. The van der Waals surface area contributed by atoms with Crippen LogP contribution in [0.3, 0.4) is 0 Å². The van der Waals surface area contributed by atoms with Gasteiger partial charge in [0.05, 0.1) is 27.4 Å². The largest absolute Gasteiger partial charge is 0.496 e. The third kappa shape index (κ3) is 6.34. The Labute approximate surface area is 383 Å². The van der Waals surface area contributed by atoms with Crippen molar-refractivity contribution in [3.05, 3.63) is 64.9 Å². The summed E-state index contributed by atoms with van der Waals surface area (Å²) < 4.78 is 54.9. The Morgan fingerprint density at radius 3 is 2.41 bits per heavy atom. The zero-order chi connectivity index (χ0) is 47.5. The van der Waals surface area contributed by atoms with E-state index in [9.17, 15) is 19.5 Å². The van der Waals surface area contributed by atoms with Crippen molar-refractivity contribution in [3.63, 3.8) is 0 Å². The number of hydrogen-bond donors (Lipinski definition) is 3. The SMILES string of the molecule is CC[C@@]12C=CCN3CCC4(c5cc([C@@]6(C(=O)OC)CC7CC(C(C)(F)F)CN(CCc8c6[nH]c6ccc(NC(=O)N(C)C)cc86)C7)c(OC)cc5N(C)C4[C@](O)(C(=O)OC)[C@H]1OC(C)=O)C32. The van der Waals surface area contributed by atoms with Crippen molar-refractivity contribution >= 4 is 46.2 Å². The van der Waals surface area contributed by atoms with Crippen LogP contribution in [-0.4, -0.2) is 154 Å². The standard InChI is InChI=1S/C49H62F2N6O9/c1-10-46-15-11-17-57-19-16-47(39(46)57)33-22-34(37(63-7)23-36(33)55(6)40(47)49(62,43(60)65-9)41(46)66-27(2)58)48(42(59)64-8)24-28-20-29(45(3,50)51)26-56(25-28)18-14-31-32-21-30(52-44(61)54(4)5)12-13-35(32)53-38(31)48/h11-13,15,21-23,28-29,39-41,53,62H,10,14,16-20,24-26H2,1-9H3,(H,52,61)/t28?,29?,39?,40?,41-,46-,47?,48-,49+/m0/s1. The predicted molar refractivity (Wildman–Crippen MR) is 242 cm³/mol. The van der Waals surface area contributed by atoms with E-state index in [1.165, 1.54) is 33.2 Å². The van der Waals surface area contributed by atoms with Crippen molar-refractivity contribution in [1.82, 2.24) is 19.7 Å². The number of esters is 3. The van der Waals surface area contributed by atoms with Gasteiger partial charge in [0.1, 0.15) is 11.2 Å². The van der Waals surface area contributed by atoms with Crippen LogP contribution in [0.25, 0.3) is 10.9 Å². The fourth-order valence-corrected chi connectivity index (χ4v) is 13.8. The number of likely N-dealkylation sites (N-methyl/N-ethyl adjacent to an activating group) is 1. The topological polar surface area (TPSA) is 166 Å². The van der Waals surface area contributed by atoms with Crippen LogP contribution in [0.5, 0.6) is 5.75 Å². The van der Waals surface area contributed by atoms with E-state index in [4.69, 9.17) is 18.9 Å². The van der Waals surface area contributed by atoms with Crippen molar-refractivity contribution in [2.45, 2.75) is 93.4 Å². The number of urea groups is 1. The average molecular weight is 917 g/mol. The van der Waals surface area contributed by atoms with Gasteiger partial charge in [0.15, 0.2) is 6.10 Å². The average Bonchev–Trinajstić information content (AvgIpc) is 3.94. The molecule has 3 N–H and O–H groups in total. The molecule has 2 aromatic carbocycles. The number of carbonyl (C=O) groups is 4. The van der Waals surface area contributed by atoms with Gasteiger partial charge < -0.3 is 49.1 Å². The Hall–Kier alpha value is -5.26. The maximum atomic E-state index is 15.5. The molecule has 9 rings (SSSR count). The molecule has 17 heteroatoms. The van der Waals surface area contributed by atoms with Crippen molar-refractivity contribution in [3.8, 4) is 5.75 Å². The fraction of sp³-hybridized carbons (Fsp3) is 0.592. The minimum Gasteiger partial charge on any atom is -0.496 e. The van der Waals surface area contributed by atoms with Gasteiger partial charge in [0, 0.05) is 117 Å². The van der Waals surface area contributed by atoms with E-state index in [0.29, 0.717) is 79.3 Å². The number of ether oxygens (including phenoxy) is 4. The van der Waals surface area contributed by atoms with Crippen LogP contribution in [-0.2, 0) is 45.8 Å². The summed E-state index contributed by atoms with van der Waals surface area (Å²) in [6.07, 6.45) is 4.14. The summed E-state index contributed by atoms with van der Waals surface area (Å²) in [4.78, 5) is 67.3. The number of aromatic amines is 1. The lowest BCUT2D eigenvalue weighted by atomic mass is 9.47. The maximum Gasteiger partial charge on any atom is 0.344 e. The molecule has 1 aliphatic carbocycles. The van der Waals surface area contributed by atoms with E-state index in [0.717, 1.165) is 23.4 Å². The molecule has 1 saturated carbocycles. The lowest BCUT2D eigenvalue weighted by Crippen LogP contribution is -2.81. The number of nitrogens with zero attached hydrogens (tertiary/aromatic N) is 4. The minimum absolute atomic E-state index is 0.0754. The van der Waals surface area contributed by atoms with Gasteiger partial charge in [0.2, 0.25) is 11.5 Å². The van der Waals surface area contributed by atoms with Gasteiger partial charge in [-0.1, -0.05) is 19.1 Å². The third-order valence-corrected chi connectivity index (χ3v) is 16.3. The van der Waals surface area contributed by atoms with Gasteiger partial charge >= 0.3 is 23.9 Å². The van der Waals surface area contributed by atoms with E-state index in [1.807, 2.05) is 48.2 Å². The number of nitrogens with one attached hydrogen (secondary N) is 2. The summed E-state index contributed by atoms with van der Waals surface area (Å²) in [6.45, 7) is 6.45. The van der Waals surface area contributed by atoms with Gasteiger partial charge in [-0.2, -0.15) is 0 Å². The maximum absolute atomic E-state index is 15.5. The number of alkyl halides is 2. The van der Waals surface area contributed by atoms with E-state index >= 15 is 13.6 Å². The summed E-state index contributed by atoms with van der Waals surface area (Å²) >= 11 is 0. The van der Waals surface area contributed by atoms with Gasteiger partial charge in [0.25, 0.3) is 0 Å². The summed E-state index contributed by atoms with van der Waals surface area (Å²) in [5.41, 5.74) is -1.78. The Bertz CT molecular complexity index is 2520. The monoisotopic (exact) mass is 916 g/mol. The number of fused-ring (bicyclic) bond motifs is 6. The Morgan fingerprint density at radius 2 is 1.76 bits per heavy atom. The van der Waals surface area contributed by atoms with Crippen LogP contribution in [0.4, 0.5) is 25.0 Å². The zero-order valence-electron chi connectivity index (χ0n) is 39.3. The van der Waals surface area contributed by atoms with E-state index in [1.54, 1.807) is 27.2 Å². The molecular formula is C49H62F2N6O9. The molecule has 3 fully saturated rings. The number of piperidine rings is 1. The van der Waals surface area contributed by atoms with Gasteiger partial charge in [-0.3, -0.25) is 14.5 Å². The highest BCUT2D eigenvalue weighted by atomic mass is 19.3. The molecule has 3 aromatic rings. The number of rotatable bonds is 8. The number of methoxy groups -OCH3 is 3. The van der Waals surface area contributed by atoms with Crippen molar-refractivity contribution < 1.29 is 52.0 Å². The number of aliphatic hydroxyl groups is 1. The summed E-state index contributed by atoms with van der Waals surface area (Å²) in [7, 11) is 9.15. The first-order chi connectivity index (χ1) is 31.3. The van der Waals surface area contributed by atoms with Crippen LogP contribution in [0.2, 0.25) is 0 Å². The third-order valence-electron chi connectivity index (χ3n) is 16.3. The molecule has 5 aliphatic heterocycles. The summed E-state index contributed by atoms with van der Waals surface area (Å²) in [6, 6.07) is 7.60. The fourth-order valence-electron chi connectivity index (χ4n) is 13.8. The molecule has 15 nitrogen and oxygen atoms in total. The molecule has 0 radical (unpaired) electrons. The lowest BCUT2D eigenvalue weighted by molar-refractivity contribution is -0.228. The molecule has 10 atom stereocenters. The van der Waals surface area contributed by atoms with Gasteiger partial charge in [-0.25, -0.2) is 18.4 Å². The highest BCUT2D eigenvalue weighted by Crippen LogP contribution is 2.68. The molecule has 1 aromatic heterocycles. The van der Waals surface area contributed by atoms with E-state index in [-0.39, 0.29) is 25.4 Å². The molecule has 2 saturated heterocycles. The zero-order valence-corrected chi connectivity index (χ0v) is 39.3. The second kappa shape index (κ2) is 15.9. The van der Waals surface area contributed by atoms with Crippen LogP contribution in [0, 0.1) is 17.3 Å². The van der Waals surface area contributed by atoms with Crippen molar-refractivity contribution in [2.24, 2.45) is 17.3 Å². The number of amides is 2. The molecular weight excluding hydrogens is 855 g/mol. The Kier molecular flexibility index (Phi) is 11.1. The molecule has 356 valence electrons. The van der Waals surface area contributed by atoms with E-state index < -0.39 is 75.7 Å². The molecule has 2 amide bonds. The van der Waals surface area contributed by atoms with Crippen LogP contribution in [0.1, 0.15) is 68.8 Å². The second-order valence-corrected chi connectivity index (χ2v) is 19.9. The molecule has 6 unspecified atom stereocenters. The number of halogens is 2. The normalized spacial score (nSPS) is 33.3. The number of anilines is 2. The molecule has 2 bridgehead atoms. The van der Waals surface area contributed by atoms with Crippen LogP contribution < -0.4 is 15.0 Å². The molecule has 1 spiro atoms. The van der Waals surface area contributed by atoms with E-state index in [2.05, 4.69) is 20.1 Å². The van der Waals surface area contributed by atoms with Crippen molar-refractivity contribution in [2.75, 3.05) is 85.4 Å². The smallest absolute Gasteiger partial charge is 0.344 e. The predicted octanol–water partition coefficient (Wildman–Crippen LogP) is 5.21. The van der Waals surface area contributed by atoms with Crippen molar-refractivity contribution in [1.29, 1.82) is 0 Å². The number of aromatic nitrogens is 1. The van der Waals surface area contributed by atoms with Crippen LogP contribution in [0.15, 0.2) is 42.5 Å². The van der Waals surface area contributed by atoms with Gasteiger partial charge in [-0.05, 0) is 86.9 Å². The summed E-state index contributed by atoms with van der Waals surface area (Å²) in [5.74, 6) is -6.27. The molecule has 6 heterocycles.